The third-order valence-corrected chi connectivity index (χ3v) is 9.32. The molecule has 2 saturated heterocycles. The van der Waals surface area contributed by atoms with Crippen molar-refractivity contribution < 1.29 is 33.6 Å². The van der Waals surface area contributed by atoms with E-state index in [4.69, 9.17) is 24.1 Å². The summed E-state index contributed by atoms with van der Waals surface area (Å²) in [6.07, 6.45) is 13.7. The molecule has 2 saturated carbocycles. The summed E-state index contributed by atoms with van der Waals surface area (Å²) in [6, 6.07) is 4.22. The Morgan fingerprint density at radius 2 is 1.31 bits per heavy atom. The number of amides is 2. The molecule has 11 nitrogen and oxygen atoms in total. The lowest BCUT2D eigenvalue weighted by Gasteiger charge is -2.41. The van der Waals surface area contributed by atoms with Crippen molar-refractivity contribution in [2.24, 2.45) is 11.8 Å². The minimum atomic E-state index is -0.480. The van der Waals surface area contributed by atoms with Gasteiger partial charge in [-0.15, -0.1) is 6.58 Å². The number of pyridine rings is 2. The van der Waals surface area contributed by atoms with E-state index in [0.717, 1.165) is 50.1 Å². The molecule has 2 aliphatic carbocycles. The molecule has 2 aromatic heterocycles. The fraction of sp³-hybridized carbons (Fsp3) is 0.632. The van der Waals surface area contributed by atoms with Gasteiger partial charge in [0.05, 0.1) is 24.5 Å². The number of carbonyl (C=O) groups excluding carboxylic acids is 2. The summed E-state index contributed by atoms with van der Waals surface area (Å²) in [5.41, 5.74) is 1.43. The van der Waals surface area contributed by atoms with Gasteiger partial charge < -0.3 is 33.9 Å². The van der Waals surface area contributed by atoms with Crippen molar-refractivity contribution in [1.82, 2.24) is 19.8 Å². The molecule has 49 heavy (non-hydrogen) atoms. The number of aromatic nitrogens is 2. The van der Waals surface area contributed by atoms with Crippen molar-refractivity contribution in [1.29, 1.82) is 0 Å². The number of nitrogens with zero attached hydrogens (tertiary/aromatic N) is 4. The van der Waals surface area contributed by atoms with Crippen LogP contribution in [0.3, 0.4) is 0 Å². The fourth-order valence-corrected chi connectivity index (χ4v) is 6.17. The summed E-state index contributed by atoms with van der Waals surface area (Å²) in [7, 11) is 0. The van der Waals surface area contributed by atoms with Crippen LogP contribution in [-0.4, -0.2) is 93.3 Å². The molecule has 2 aromatic rings. The Kier molecular flexibility index (Phi) is 11.4. The predicted molar refractivity (Wildman–Crippen MR) is 186 cm³/mol. The first-order valence-electron chi connectivity index (χ1n) is 17.6. The maximum atomic E-state index is 12.1. The smallest absolute Gasteiger partial charge is 0.410 e. The highest BCUT2D eigenvalue weighted by atomic mass is 16.6. The van der Waals surface area contributed by atoms with E-state index >= 15 is 0 Å². The Labute approximate surface area is 291 Å². The van der Waals surface area contributed by atoms with Crippen LogP contribution in [0.1, 0.15) is 96.6 Å². The maximum Gasteiger partial charge on any atom is 0.410 e. The molecule has 4 fully saturated rings. The van der Waals surface area contributed by atoms with Crippen LogP contribution >= 0.6 is 0 Å². The number of likely N-dealkylation sites (tertiary alicyclic amines) is 2. The molecule has 1 N–H and O–H groups in total. The highest BCUT2D eigenvalue weighted by Gasteiger charge is 2.39. The molecule has 2 aliphatic heterocycles. The van der Waals surface area contributed by atoms with Gasteiger partial charge in [0, 0.05) is 32.1 Å². The van der Waals surface area contributed by atoms with Crippen LogP contribution in [-0.2, 0) is 9.47 Å². The largest absolute Gasteiger partial charge is 0.490 e. The van der Waals surface area contributed by atoms with E-state index in [0.29, 0.717) is 43.4 Å². The highest BCUT2D eigenvalue weighted by Crippen LogP contribution is 2.50. The van der Waals surface area contributed by atoms with Crippen LogP contribution in [0.5, 0.6) is 11.5 Å². The van der Waals surface area contributed by atoms with Crippen LogP contribution < -0.4 is 9.47 Å². The summed E-state index contributed by atoms with van der Waals surface area (Å²) < 4.78 is 22.6. The predicted octanol–water partition coefficient (Wildman–Crippen LogP) is 6.72. The minimum absolute atomic E-state index is 0.0570. The summed E-state index contributed by atoms with van der Waals surface area (Å²) in [6.45, 7) is 17.7. The zero-order valence-corrected chi connectivity index (χ0v) is 30.0. The molecule has 4 aliphatic rings. The second-order valence-electron chi connectivity index (χ2n) is 15.6. The van der Waals surface area contributed by atoms with Gasteiger partial charge in [0.25, 0.3) is 0 Å². The van der Waals surface area contributed by atoms with Gasteiger partial charge in [-0.3, -0.25) is 9.97 Å². The molecule has 6 atom stereocenters. The molecule has 6 rings (SSSR count). The summed E-state index contributed by atoms with van der Waals surface area (Å²) >= 11 is 0. The third-order valence-electron chi connectivity index (χ3n) is 9.32. The Bertz CT molecular complexity index is 1450. The lowest BCUT2D eigenvalue weighted by atomic mass is 10.1. The van der Waals surface area contributed by atoms with Crippen molar-refractivity contribution in [2.75, 3.05) is 32.9 Å². The first kappa shape index (κ1) is 36.4. The monoisotopic (exact) mass is 678 g/mol. The molecule has 11 heteroatoms. The summed E-state index contributed by atoms with van der Waals surface area (Å²) in [5, 5.41) is 9.03. The van der Waals surface area contributed by atoms with Gasteiger partial charge in [-0.05, 0) is 121 Å². The summed E-state index contributed by atoms with van der Waals surface area (Å²) in [4.78, 5) is 36.2. The second-order valence-corrected chi connectivity index (χ2v) is 15.6. The Morgan fingerprint density at radius 1 is 0.816 bits per heavy atom. The van der Waals surface area contributed by atoms with E-state index in [1.54, 1.807) is 22.2 Å². The molecule has 0 bridgehead atoms. The maximum absolute atomic E-state index is 12.1. The third kappa shape index (κ3) is 10.3. The van der Waals surface area contributed by atoms with E-state index < -0.39 is 11.2 Å². The number of ether oxygens (including phenoxy) is 4. The molecular formula is C38H54N4O7. The lowest BCUT2D eigenvalue weighted by Crippen LogP contribution is -2.55. The quantitative estimate of drug-likeness (QED) is 0.258. The number of rotatable bonds is 11. The average Bonchev–Trinajstić information content (AvgIpc) is 3.91. The average molecular weight is 679 g/mol. The van der Waals surface area contributed by atoms with Gasteiger partial charge in [-0.2, -0.15) is 0 Å². The van der Waals surface area contributed by atoms with Crippen molar-refractivity contribution in [3.05, 3.63) is 60.7 Å². The molecule has 0 spiro atoms. The number of aliphatic hydroxyl groups excluding tert-OH is 1. The first-order valence-corrected chi connectivity index (χ1v) is 17.6. The highest BCUT2D eigenvalue weighted by molar-refractivity contribution is 5.70. The van der Waals surface area contributed by atoms with Gasteiger partial charge in [-0.25, -0.2) is 9.59 Å². The normalized spacial score (nSPS) is 25.4. The molecule has 2 amide bonds. The molecule has 0 aromatic carbocycles. The molecular weight excluding hydrogens is 624 g/mol. The number of hydrogen-bond acceptors (Lipinski definition) is 9. The van der Waals surface area contributed by atoms with E-state index in [9.17, 15) is 9.59 Å². The Balaban J connectivity index is 0.000000191. The number of hydrogen-bond donors (Lipinski definition) is 1. The van der Waals surface area contributed by atoms with Gasteiger partial charge in [0.1, 0.15) is 35.9 Å². The minimum Gasteiger partial charge on any atom is -0.490 e. The van der Waals surface area contributed by atoms with Gasteiger partial charge >= 0.3 is 12.2 Å². The van der Waals surface area contributed by atoms with Gasteiger partial charge in [-0.1, -0.05) is 6.08 Å². The van der Waals surface area contributed by atoms with Crippen LogP contribution in [0.25, 0.3) is 0 Å². The van der Waals surface area contributed by atoms with Crippen molar-refractivity contribution >= 4 is 12.2 Å². The van der Waals surface area contributed by atoms with Crippen molar-refractivity contribution in [3.8, 4) is 11.5 Å². The number of aliphatic hydroxyl groups is 1. The topological polar surface area (TPSA) is 124 Å². The van der Waals surface area contributed by atoms with E-state index in [2.05, 4.69) is 22.6 Å². The van der Waals surface area contributed by atoms with E-state index in [1.165, 1.54) is 11.1 Å². The standard InChI is InChI=1S/C19H28N2O4.C19H26N2O3/c1-19(2,3)25-18(23)21-6-4-15(21)12-24-16-8-14(10-20-11-16)17-9-13(17)5-7-22;1-5-13-9-17(13)14-8-16(11-20-10-14)23-12-15-6-7-21(15)18(22)24-19(2,3)4/h8,10-11,13,15,17,22H,4-7,9,12H2,1-3H3;5,8,10-11,13,15,17H,1,6-7,9,12H2,2-4H3/t2*13-,15+,17?/m11/s1. The Hall–Kier alpha value is -3.86. The zero-order chi connectivity index (χ0) is 35.3. The Morgan fingerprint density at radius 3 is 1.69 bits per heavy atom. The van der Waals surface area contributed by atoms with Crippen molar-refractivity contribution in [2.45, 2.75) is 109 Å². The fourth-order valence-electron chi connectivity index (χ4n) is 6.17. The SMILES string of the molecule is C=C[C@@H]1CC1c1cncc(OC[C@@H]2CCN2C(=O)OC(C)(C)C)c1.CC(C)(C)OC(=O)N1CC[C@H]1COc1cncc(C2C[C@H]2CCO)c1. The number of carbonyl (C=O) groups is 2. The van der Waals surface area contributed by atoms with E-state index in [1.807, 2.05) is 66.1 Å². The second kappa shape index (κ2) is 15.4. The molecule has 2 unspecified atom stereocenters. The van der Waals surface area contributed by atoms with Crippen LogP contribution in [0.2, 0.25) is 0 Å². The van der Waals surface area contributed by atoms with E-state index in [-0.39, 0.29) is 30.9 Å². The number of allylic oxidation sites excluding steroid dienone is 1. The molecule has 4 heterocycles. The van der Waals surface area contributed by atoms with Gasteiger partial charge in [0.2, 0.25) is 0 Å². The first-order chi connectivity index (χ1) is 23.2. The van der Waals surface area contributed by atoms with Crippen LogP contribution in [0.15, 0.2) is 49.6 Å². The molecule has 0 radical (unpaired) electrons. The van der Waals surface area contributed by atoms with Crippen LogP contribution in [0, 0.1) is 11.8 Å². The van der Waals surface area contributed by atoms with Crippen LogP contribution in [0.4, 0.5) is 9.59 Å². The van der Waals surface area contributed by atoms with Crippen molar-refractivity contribution in [3.63, 3.8) is 0 Å². The van der Waals surface area contributed by atoms with Gasteiger partial charge in [0.15, 0.2) is 0 Å². The summed E-state index contributed by atoms with van der Waals surface area (Å²) in [5.74, 6) is 3.65. The zero-order valence-electron chi connectivity index (χ0n) is 30.0. The lowest BCUT2D eigenvalue weighted by molar-refractivity contribution is -0.0149. The molecule has 268 valence electrons.